The number of carbonyl (C=O) groups excluding carboxylic acids is 2. The molecule has 1 aliphatic rings. The second-order valence-electron chi connectivity index (χ2n) is 8.28. The van der Waals surface area contributed by atoms with Gasteiger partial charge >= 0.3 is 5.97 Å². The summed E-state index contributed by atoms with van der Waals surface area (Å²) in [4.78, 5) is 25.6. The van der Waals surface area contributed by atoms with E-state index in [9.17, 15) is 27.2 Å². The summed E-state index contributed by atoms with van der Waals surface area (Å²) >= 11 is 0. The number of piperidine rings is 1. The number of likely N-dealkylation sites (tertiary alicyclic amines) is 1. The quantitative estimate of drug-likeness (QED) is 0.108. The van der Waals surface area contributed by atoms with Gasteiger partial charge in [0.05, 0.1) is 65.7 Å². The Hall–Kier alpha value is -2.28. The summed E-state index contributed by atoms with van der Waals surface area (Å²) in [6.07, 6.45) is 2.08. The van der Waals surface area contributed by atoms with Crippen molar-refractivity contribution in [3.8, 4) is 5.75 Å². The monoisotopic (exact) mass is 523 g/mol. The van der Waals surface area contributed by atoms with Crippen molar-refractivity contribution < 1.29 is 50.8 Å². The molecule has 0 N–H and O–H groups in total. The van der Waals surface area contributed by atoms with Gasteiger partial charge in [-0.15, -0.1) is 0 Å². The molecule has 0 atom stereocenters. The van der Waals surface area contributed by atoms with E-state index >= 15 is 0 Å². The molecule has 1 aliphatic heterocycles. The summed E-state index contributed by atoms with van der Waals surface area (Å²) < 4.78 is 78.7. The van der Waals surface area contributed by atoms with Crippen molar-refractivity contribution >= 4 is 11.9 Å². The van der Waals surface area contributed by atoms with E-state index in [-0.39, 0.29) is 38.2 Å². The number of halogens is 4. The van der Waals surface area contributed by atoms with Crippen molar-refractivity contribution in [1.82, 2.24) is 4.90 Å². The molecule has 0 saturated carbocycles. The summed E-state index contributed by atoms with van der Waals surface area (Å²) in [7, 11) is 0. The summed E-state index contributed by atoms with van der Waals surface area (Å²) in [5.41, 5.74) is 0. The number of benzene rings is 1. The summed E-state index contributed by atoms with van der Waals surface area (Å²) in [6, 6.07) is 0.0193. The van der Waals surface area contributed by atoms with E-state index in [1.165, 1.54) is 0 Å². The Labute approximate surface area is 207 Å². The molecule has 0 unspecified atom stereocenters. The molecule has 2 rings (SSSR count). The SMILES string of the molecule is CC1CCN(C(=O)CCOCCOCCOCCOCCC(=O)Oc2c(F)c(F)cc(F)c2F)CC1. The van der Waals surface area contributed by atoms with Crippen LogP contribution in [0.25, 0.3) is 0 Å². The molecule has 0 aromatic heterocycles. The summed E-state index contributed by atoms with van der Waals surface area (Å²) in [5.74, 6) is -8.65. The Kier molecular flexibility index (Phi) is 13.7. The standard InChI is InChI=1S/C24H33F4NO7/c1-17-2-6-29(7-3-17)20(30)4-8-32-10-12-34-14-15-35-13-11-33-9-5-21(31)36-24-22(27)18(25)16-19(26)23(24)28/h16-17H,2-15H2,1H3. The lowest BCUT2D eigenvalue weighted by Gasteiger charge is -2.30. The van der Waals surface area contributed by atoms with Gasteiger partial charge in [0.15, 0.2) is 11.6 Å². The zero-order chi connectivity index (χ0) is 26.3. The fourth-order valence-corrected chi connectivity index (χ4v) is 3.30. The van der Waals surface area contributed by atoms with Crippen LogP contribution in [0.3, 0.4) is 0 Å². The molecule has 8 nitrogen and oxygen atoms in total. The average Bonchev–Trinajstić information content (AvgIpc) is 2.86. The van der Waals surface area contributed by atoms with Crippen LogP contribution in [-0.4, -0.2) is 82.7 Å². The second kappa shape index (κ2) is 16.5. The van der Waals surface area contributed by atoms with Crippen LogP contribution >= 0.6 is 0 Å². The first-order valence-electron chi connectivity index (χ1n) is 11.9. The zero-order valence-electron chi connectivity index (χ0n) is 20.4. The van der Waals surface area contributed by atoms with Gasteiger partial charge < -0.3 is 28.6 Å². The highest BCUT2D eigenvalue weighted by atomic mass is 19.2. The van der Waals surface area contributed by atoms with Gasteiger partial charge in [0.25, 0.3) is 0 Å². The number of amides is 1. The predicted octanol–water partition coefficient (Wildman–Crippen LogP) is 3.25. The Morgan fingerprint density at radius 1 is 0.778 bits per heavy atom. The number of ether oxygens (including phenoxy) is 5. The molecule has 0 spiro atoms. The Morgan fingerprint density at radius 2 is 1.22 bits per heavy atom. The molecular weight excluding hydrogens is 490 g/mol. The fraction of sp³-hybridized carbons (Fsp3) is 0.667. The number of carbonyl (C=O) groups is 2. The maximum atomic E-state index is 13.5. The number of esters is 1. The molecule has 0 aliphatic carbocycles. The average molecular weight is 524 g/mol. The number of hydrogen-bond donors (Lipinski definition) is 0. The summed E-state index contributed by atoms with van der Waals surface area (Å²) in [6.45, 7) is 5.79. The molecule has 1 heterocycles. The first-order valence-corrected chi connectivity index (χ1v) is 11.9. The topological polar surface area (TPSA) is 83.5 Å². The van der Waals surface area contributed by atoms with Crippen LogP contribution in [0, 0.1) is 29.2 Å². The van der Waals surface area contributed by atoms with Crippen LogP contribution in [0.4, 0.5) is 17.6 Å². The van der Waals surface area contributed by atoms with Crippen molar-refractivity contribution in [2.75, 3.05) is 65.9 Å². The smallest absolute Gasteiger partial charge is 0.313 e. The molecule has 1 saturated heterocycles. The molecule has 36 heavy (non-hydrogen) atoms. The highest BCUT2D eigenvalue weighted by molar-refractivity contribution is 5.76. The third-order valence-electron chi connectivity index (χ3n) is 5.45. The summed E-state index contributed by atoms with van der Waals surface area (Å²) in [5, 5.41) is 0. The first-order chi connectivity index (χ1) is 17.3. The molecule has 0 bridgehead atoms. The van der Waals surface area contributed by atoms with Gasteiger partial charge in [0.2, 0.25) is 23.3 Å². The molecular formula is C24H33F4NO7. The Morgan fingerprint density at radius 3 is 1.72 bits per heavy atom. The predicted molar refractivity (Wildman–Crippen MR) is 119 cm³/mol. The lowest BCUT2D eigenvalue weighted by atomic mass is 9.99. The van der Waals surface area contributed by atoms with E-state index in [1.807, 2.05) is 4.90 Å². The Bertz CT molecular complexity index is 809. The lowest BCUT2D eigenvalue weighted by molar-refractivity contribution is -0.136. The third kappa shape index (κ3) is 10.8. The van der Waals surface area contributed by atoms with E-state index in [4.69, 9.17) is 18.9 Å². The van der Waals surface area contributed by atoms with E-state index in [0.717, 1.165) is 25.9 Å². The Balaban J connectivity index is 1.38. The van der Waals surface area contributed by atoms with E-state index in [1.54, 1.807) is 0 Å². The first kappa shape index (κ1) is 29.9. The van der Waals surface area contributed by atoms with Crippen molar-refractivity contribution in [2.24, 2.45) is 5.92 Å². The van der Waals surface area contributed by atoms with Gasteiger partial charge in [-0.25, -0.2) is 8.78 Å². The molecule has 1 fully saturated rings. The van der Waals surface area contributed by atoms with E-state index < -0.39 is 35.0 Å². The van der Waals surface area contributed by atoms with Gasteiger partial charge in [-0.05, 0) is 18.8 Å². The van der Waals surface area contributed by atoms with E-state index in [2.05, 4.69) is 11.7 Å². The van der Waals surface area contributed by atoms with Gasteiger partial charge in [-0.2, -0.15) is 8.78 Å². The third-order valence-corrected chi connectivity index (χ3v) is 5.45. The fourth-order valence-electron chi connectivity index (χ4n) is 3.30. The van der Waals surface area contributed by atoms with Gasteiger partial charge in [-0.3, -0.25) is 9.59 Å². The normalized spacial score (nSPS) is 14.3. The maximum Gasteiger partial charge on any atom is 0.313 e. The van der Waals surface area contributed by atoms with Gasteiger partial charge in [-0.1, -0.05) is 6.92 Å². The number of hydrogen-bond acceptors (Lipinski definition) is 7. The largest absolute Gasteiger partial charge is 0.420 e. The molecule has 204 valence electrons. The van der Waals surface area contributed by atoms with Crippen LogP contribution in [0.5, 0.6) is 5.75 Å². The van der Waals surface area contributed by atoms with E-state index in [0.29, 0.717) is 45.4 Å². The minimum Gasteiger partial charge on any atom is -0.420 e. The van der Waals surface area contributed by atoms with Crippen LogP contribution in [0.2, 0.25) is 0 Å². The van der Waals surface area contributed by atoms with Crippen LogP contribution in [-0.2, 0) is 28.5 Å². The van der Waals surface area contributed by atoms with Gasteiger partial charge in [0, 0.05) is 19.2 Å². The molecule has 0 radical (unpaired) electrons. The van der Waals surface area contributed by atoms with Gasteiger partial charge in [0.1, 0.15) is 0 Å². The van der Waals surface area contributed by atoms with Crippen molar-refractivity contribution in [2.45, 2.75) is 32.6 Å². The molecule has 1 aromatic rings. The van der Waals surface area contributed by atoms with Crippen molar-refractivity contribution in [1.29, 1.82) is 0 Å². The maximum absolute atomic E-state index is 13.5. The zero-order valence-corrected chi connectivity index (χ0v) is 20.4. The highest BCUT2D eigenvalue weighted by Gasteiger charge is 2.23. The second-order valence-corrected chi connectivity index (χ2v) is 8.28. The number of nitrogens with zero attached hydrogens (tertiary/aromatic N) is 1. The van der Waals surface area contributed by atoms with Crippen LogP contribution in [0.15, 0.2) is 6.07 Å². The van der Waals surface area contributed by atoms with Crippen molar-refractivity contribution in [3.63, 3.8) is 0 Å². The minimum atomic E-state index is -1.79. The minimum absolute atomic E-state index is 0.0193. The molecule has 1 aromatic carbocycles. The molecule has 1 amide bonds. The lowest BCUT2D eigenvalue weighted by Crippen LogP contribution is -2.38. The highest BCUT2D eigenvalue weighted by Crippen LogP contribution is 2.26. The van der Waals surface area contributed by atoms with Crippen LogP contribution < -0.4 is 4.74 Å². The van der Waals surface area contributed by atoms with Crippen LogP contribution in [0.1, 0.15) is 32.6 Å². The number of rotatable bonds is 16. The van der Waals surface area contributed by atoms with Crippen molar-refractivity contribution in [3.05, 3.63) is 29.3 Å². The molecule has 12 heteroatoms.